The van der Waals surface area contributed by atoms with Crippen molar-refractivity contribution in [1.82, 2.24) is 4.57 Å². The fraction of sp³-hybridized carbons (Fsp3) is 0.717. The summed E-state index contributed by atoms with van der Waals surface area (Å²) in [5.74, 6) is 1.13. The Labute approximate surface area is 327 Å². The van der Waals surface area contributed by atoms with Gasteiger partial charge in [0.05, 0.1) is 34.5 Å². The molecule has 0 amide bonds. The van der Waals surface area contributed by atoms with Crippen molar-refractivity contribution < 1.29 is 23.5 Å². The van der Waals surface area contributed by atoms with E-state index in [4.69, 9.17) is 13.6 Å². The summed E-state index contributed by atoms with van der Waals surface area (Å²) in [6.07, 6.45) is 9.62. The number of Topliss-reactive ketones (excluding diaryl/α,β-unsaturated/α-hetero) is 1. The average Bonchev–Trinajstić information content (AvgIpc) is 3.69. The molecule has 8 rings (SSSR count). The lowest BCUT2D eigenvalue weighted by Gasteiger charge is -2.66. The molecular weight excluding hydrogens is 703 g/mol. The van der Waals surface area contributed by atoms with E-state index in [2.05, 4.69) is 118 Å². The molecule has 1 N–H and O–H groups in total. The average molecular weight is 772 g/mol. The summed E-state index contributed by atoms with van der Waals surface area (Å²) in [6, 6.07) is 2.07. The van der Waals surface area contributed by atoms with Crippen LogP contribution in [0, 0.1) is 28.6 Å². The molecule has 2 aromatic rings. The van der Waals surface area contributed by atoms with Crippen molar-refractivity contribution in [3.63, 3.8) is 0 Å². The minimum Gasteiger partial charge on any atom is -0.414 e. The zero-order valence-corrected chi connectivity index (χ0v) is 38.0. The van der Waals surface area contributed by atoms with Crippen LogP contribution in [0.5, 0.6) is 0 Å². The van der Waals surface area contributed by atoms with E-state index in [-0.39, 0.29) is 46.8 Å². The molecule has 0 bridgehead atoms. The number of carbonyl (C=O) groups excluding carboxylic acids is 1. The highest BCUT2D eigenvalue weighted by Crippen LogP contribution is 2.72. The van der Waals surface area contributed by atoms with Gasteiger partial charge in [0, 0.05) is 34.6 Å². The molecule has 4 aliphatic carbocycles. The standard InChI is InChI=1S/C46H69NO5Si2/c1-26(2)37-39(49)35-34-28(31-25-42(3,4)52-43(5,6)36(31)40(34)51-54(13,14)15)24-29-30-23-27-17-18-32-44(7,20-16-22-48)33(50-53(10,11)12)19-21-45(32,8)46(27,9)41(30)47(37)38(29)35/h24-25,27,32-33,36-37,40,48H,1,16-23H2,2-15H3/t27?,32-,33-,36?,37-,40+,44-,45-,46+/m0/s1. The van der Waals surface area contributed by atoms with Crippen LogP contribution in [0.25, 0.3) is 16.5 Å². The van der Waals surface area contributed by atoms with Crippen LogP contribution >= 0.6 is 0 Å². The second-order valence-electron chi connectivity index (χ2n) is 22.2. The van der Waals surface area contributed by atoms with Crippen molar-refractivity contribution >= 4 is 38.9 Å². The molecule has 2 saturated carbocycles. The molecule has 9 atom stereocenters. The van der Waals surface area contributed by atoms with Crippen LogP contribution in [0.15, 0.2) is 24.3 Å². The van der Waals surface area contributed by atoms with E-state index in [9.17, 15) is 5.11 Å². The second kappa shape index (κ2) is 11.9. The van der Waals surface area contributed by atoms with E-state index in [1.807, 2.05) is 0 Å². The molecule has 2 aliphatic heterocycles. The maximum Gasteiger partial charge on any atom is 0.192 e. The number of aliphatic hydroxyl groups is 1. The summed E-state index contributed by atoms with van der Waals surface area (Å²) in [4.78, 5) is 15.4. The van der Waals surface area contributed by atoms with Crippen molar-refractivity contribution in [2.75, 3.05) is 6.61 Å². The molecule has 0 saturated heterocycles. The van der Waals surface area contributed by atoms with E-state index < -0.39 is 33.9 Å². The smallest absolute Gasteiger partial charge is 0.192 e. The van der Waals surface area contributed by atoms with Crippen LogP contribution in [0.4, 0.5) is 0 Å². The number of aliphatic hydroxyl groups excluding tert-OH is 1. The first-order valence-corrected chi connectivity index (χ1v) is 28.0. The Bertz CT molecular complexity index is 1990. The number of hydrogen-bond acceptors (Lipinski definition) is 5. The maximum absolute atomic E-state index is 15.4. The summed E-state index contributed by atoms with van der Waals surface area (Å²) < 4.78 is 23.7. The Balaban J connectivity index is 1.39. The fourth-order valence-electron chi connectivity index (χ4n) is 13.8. The summed E-state index contributed by atoms with van der Waals surface area (Å²) in [5.41, 5.74) is 8.30. The van der Waals surface area contributed by atoms with Gasteiger partial charge in [-0.3, -0.25) is 4.79 Å². The number of hydrogen-bond donors (Lipinski definition) is 1. The molecule has 3 heterocycles. The summed E-state index contributed by atoms with van der Waals surface area (Å²) in [7, 11) is -3.88. The van der Waals surface area contributed by atoms with Crippen LogP contribution in [0.1, 0.15) is 139 Å². The van der Waals surface area contributed by atoms with Gasteiger partial charge in [-0.1, -0.05) is 32.9 Å². The Morgan fingerprint density at radius 1 is 1.00 bits per heavy atom. The zero-order chi connectivity index (χ0) is 39.5. The number of benzene rings is 1. The molecule has 0 spiro atoms. The quantitative estimate of drug-likeness (QED) is 0.214. The lowest BCUT2D eigenvalue weighted by Crippen LogP contribution is -2.63. The van der Waals surface area contributed by atoms with Gasteiger partial charge in [0.2, 0.25) is 0 Å². The topological polar surface area (TPSA) is 69.9 Å². The van der Waals surface area contributed by atoms with Gasteiger partial charge >= 0.3 is 0 Å². The van der Waals surface area contributed by atoms with Crippen molar-refractivity contribution in [2.45, 2.75) is 174 Å². The van der Waals surface area contributed by atoms with Crippen molar-refractivity contribution in [3.05, 3.63) is 52.2 Å². The van der Waals surface area contributed by atoms with E-state index >= 15 is 4.79 Å². The van der Waals surface area contributed by atoms with Crippen LogP contribution in [0.3, 0.4) is 0 Å². The molecule has 0 radical (unpaired) electrons. The molecule has 296 valence electrons. The third-order valence-electron chi connectivity index (χ3n) is 15.5. The van der Waals surface area contributed by atoms with Crippen molar-refractivity contribution in [1.29, 1.82) is 0 Å². The van der Waals surface area contributed by atoms with Crippen LogP contribution in [-0.4, -0.2) is 56.0 Å². The number of nitrogens with zero attached hydrogens (tertiary/aromatic N) is 1. The van der Waals surface area contributed by atoms with Gasteiger partial charge in [0.15, 0.2) is 22.4 Å². The van der Waals surface area contributed by atoms with Gasteiger partial charge in [-0.25, -0.2) is 0 Å². The number of aromatic nitrogens is 1. The Hall–Kier alpha value is -1.82. The predicted octanol–water partition coefficient (Wildman–Crippen LogP) is 11.1. The Morgan fingerprint density at radius 3 is 2.28 bits per heavy atom. The first-order valence-electron chi connectivity index (χ1n) is 21.1. The molecular formula is C46H69NO5Si2. The highest BCUT2D eigenvalue weighted by atomic mass is 28.4. The van der Waals surface area contributed by atoms with Gasteiger partial charge in [0.1, 0.15) is 6.04 Å². The maximum atomic E-state index is 15.4. The largest absolute Gasteiger partial charge is 0.414 e. The highest BCUT2D eigenvalue weighted by molar-refractivity contribution is 6.70. The molecule has 2 fully saturated rings. The minimum absolute atomic E-state index is 0.00142. The van der Waals surface area contributed by atoms with Crippen LogP contribution < -0.4 is 0 Å². The molecule has 54 heavy (non-hydrogen) atoms. The normalized spacial score (nSPS) is 37.5. The van der Waals surface area contributed by atoms with Crippen LogP contribution in [-0.2, 0) is 25.4 Å². The van der Waals surface area contributed by atoms with Gasteiger partial charge in [-0.05, 0) is 170 Å². The highest BCUT2D eigenvalue weighted by Gasteiger charge is 2.68. The van der Waals surface area contributed by atoms with E-state index in [1.54, 1.807) is 0 Å². The molecule has 8 heteroatoms. The van der Waals surface area contributed by atoms with Gasteiger partial charge < -0.3 is 23.3 Å². The van der Waals surface area contributed by atoms with Gasteiger partial charge in [-0.15, -0.1) is 0 Å². The predicted molar refractivity (Wildman–Crippen MR) is 225 cm³/mol. The Morgan fingerprint density at radius 2 is 1.67 bits per heavy atom. The molecule has 2 unspecified atom stereocenters. The number of fused-ring (bicyclic) bond motifs is 11. The van der Waals surface area contributed by atoms with Crippen molar-refractivity contribution in [3.8, 4) is 0 Å². The first kappa shape index (κ1) is 39.0. The first-order chi connectivity index (χ1) is 24.8. The van der Waals surface area contributed by atoms with Gasteiger partial charge in [-0.2, -0.15) is 0 Å². The summed E-state index contributed by atoms with van der Waals surface area (Å²) in [5, 5.41) is 11.4. The molecule has 1 aromatic heterocycles. The lowest BCUT2D eigenvalue weighted by molar-refractivity contribution is -0.163. The van der Waals surface area contributed by atoms with Gasteiger partial charge in [0.25, 0.3) is 0 Å². The van der Waals surface area contributed by atoms with E-state index in [1.165, 1.54) is 40.6 Å². The number of rotatable bonds is 8. The number of allylic oxidation sites excluding steroid dienone is 1. The SMILES string of the molecule is C=C(C)[C@H]1C(=O)c2c3c(cc4c5c(n1c24)[C@@]1(C)C(CC[C@H]2[C@](C)(CCCO)[C@@H](O[Si](C)(C)C)CC[C@@]21C)C5)C1=CC(C)(C)OC(C)(C)C1[C@@H]3O[Si](C)(C)C. The summed E-state index contributed by atoms with van der Waals surface area (Å²) in [6.45, 7) is 37.1. The third-order valence-corrected chi connectivity index (χ3v) is 17.4. The lowest BCUT2D eigenvalue weighted by atomic mass is 9.40. The monoisotopic (exact) mass is 771 g/mol. The van der Waals surface area contributed by atoms with Crippen molar-refractivity contribution in [2.24, 2.45) is 28.6 Å². The number of ketones is 1. The van der Waals surface area contributed by atoms with E-state index in [0.717, 1.165) is 54.3 Å². The third kappa shape index (κ3) is 5.24. The summed E-state index contributed by atoms with van der Waals surface area (Å²) >= 11 is 0. The fourth-order valence-corrected chi connectivity index (χ4v) is 16.1. The molecule has 1 aromatic carbocycles. The Kier molecular flexibility index (Phi) is 8.58. The molecule has 6 nitrogen and oxygen atoms in total. The minimum atomic E-state index is -2.06. The number of ether oxygens (including phenoxy) is 1. The number of carbonyl (C=O) groups is 1. The van der Waals surface area contributed by atoms with E-state index in [0.29, 0.717) is 11.8 Å². The zero-order valence-electron chi connectivity index (χ0n) is 36.0. The molecule has 6 aliphatic rings. The van der Waals surface area contributed by atoms with Crippen LogP contribution in [0.2, 0.25) is 39.3 Å². The second-order valence-corrected chi connectivity index (χ2v) is 31.1.